The van der Waals surface area contributed by atoms with Crippen molar-refractivity contribution in [2.45, 2.75) is 27.3 Å². The van der Waals surface area contributed by atoms with Crippen LogP contribution in [0.1, 0.15) is 42.3 Å². The molecule has 9 nitrogen and oxygen atoms in total. The molecular weight excluding hydrogens is 512 g/mol. The Labute approximate surface area is 233 Å². The largest absolute Gasteiger partial charge is 0.493 e. The zero-order valence-corrected chi connectivity index (χ0v) is 23.0. The number of hydrogen-bond donors (Lipinski definition) is 1. The van der Waals surface area contributed by atoms with Gasteiger partial charge in [0.25, 0.3) is 5.91 Å². The lowest BCUT2D eigenvalue weighted by molar-refractivity contribution is -0.117. The second kappa shape index (κ2) is 14.8. The van der Waals surface area contributed by atoms with Crippen molar-refractivity contribution < 1.29 is 33.3 Å². The maximum Gasteiger partial charge on any atom is 0.343 e. The van der Waals surface area contributed by atoms with Crippen molar-refractivity contribution in [2.75, 3.05) is 26.9 Å². The number of carbonyl (C=O) groups excluding carboxylic acids is 2. The van der Waals surface area contributed by atoms with E-state index in [-0.39, 0.29) is 22.6 Å². The molecule has 0 aromatic heterocycles. The van der Waals surface area contributed by atoms with Gasteiger partial charge in [0.15, 0.2) is 23.0 Å². The predicted octanol–water partition coefficient (Wildman–Crippen LogP) is 5.33. The van der Waals surface area contributed by atoms with Crippen molar-refractivity contribution in [3.8, 4) is 34.8 Å². The Morgan fingerprint density at radius 1 is 0.850 bits per heavy atom. The number of nitrogens with zero attached hydrogens (tertiary/aromatic N) is 1. The lowest BCUT2D eigenvalue weighted by Gasteiger charge is -2.17. The molecule has 0 bridgehead atoms. The molecule has 208 valence electrons. The fraction of sp³-hybridized carbons (Fsp3) is 0.258. The van der Waals surface area contributed by atoms with Crippen LogP contribution in [0.4, 0.5) is 0 Å². The molecule has 0 heterocycles. The van der Waals surface area contributed by atoms with Crippen molar-refractivity contribution in [3.63, 3.8) is 0 Å². The Morgan fingerprint density at radius 3 is 2.08 bits per heavy atom. The first-order valence-corrected chi connectivity index (χ1v) is 12.8. The van der Waals surface area contributed by atoms with Crippen molar-refractivity contribution >= 4 is 18.0 Å². The molecule has 9 heteroatoms. The van der Waals surface area contributed by atoms with Gasteiger partial charge in [0, 0.05) is 6.54 Å². The molecule has 3 rings (SSSR count). The highest BCUT2D eigenvalue weighted by Gasteiger charge is 2.21. The molecule has 0 aliphatic rings. The second-order valence-corrected chi connectivity index (χ2v) is 8.24. The van der Waals surface area contributed by atoms with Gasteiger partial charge in [-0.3, -0.25) is 4.79 Å². The van der Waals surface area contributed by atoms with Gasteiger partial charge in [-0.2, -0.15) is 5.26 Å². The molecule has 0 fully saturated rings. The van der Waals surface area contributed by atoms with Gasteiger partial charge >= 0.3 is 5.97 Å². The van der Waals surface area contributed by atoms with Crippen molar-refractivity contribution in [1.29, 1.82) is 5.26 Å². The Balaban J connectivity index is 1.82. The number of amides is 1. The maximum absolute atomic E-state index is 13.1. The van der Waals surface area contributed by atoms with Crippen LogP contribution in [0.5, 0.6) is 28.7 Å². The Hall–Kier alpha value is -4.97. The van der Waals surface area contributed by atoms with E-state index in [1.54, 1.807) is 12.1 Å². The molecule has 40 heavy (non-hydrogen) atoms. The average Bonchev–Trinajstić information content (AvgIpc) is 2.97. The van der Waals surface area contributed by atoms with Crippen molar-refractivity contribution in [3.05, 3.63) is 82.9 Å². The summed E-state index contributed by atoms with van der Waals surface area (Å²) in [6.07, 6.45) is 1.43. The lowest BCUT2D eigenvalue weighted by Crippen LogP contribution is -2.23. The van der Waals surface area contributed by atoms with Gasteiger partial charge in [-0.15, -0.1) is 0 Å². The molecule has 3 aromatic carbocycles. The number of hydrogen-bond acceptors (Lipinski definition) is 8. The number of ether oxygens (including phenoxy) is 5. The number of rotatable bonds is 13. The van der Waals surface area contributed by atoms with E-state index >= 15 is 0 Å². The third kappa shape index (κ3) is 7.77. The molecule has 0 aliphatic heterocycles. The van der Waals surface area contributed by atoms with Gasteiger partial charge in [0.05, 0.1) is 32.5 Å². The number of methoxy groups -OCH3 is 1. The smallest absolute Gasteiger partial charge is 0.343 e. The van der Waals surface area contributed by atoms with Crippen LogP contribution in [-0.2, 0) is 11.3 Å². The van der Waals surface area contributed by atoms with Crippen LogP contribution >= 0.6 is 0 Å². The van der Waals surface area contributed by atoms with Crippen LogP contribution < -0.4 is 29.0 Å². The molecule has 1 N–H and O–H groups in total. The molecular formula is C31H32N2O7. The summed E-state index contributed by atoms with van der Waals surface area (Å²) in [6, 6.07) is 19.1. The standard InChI is InChI=1S/C31H32N2O7/c1-5-37-27-17-23(18-28(38-6-2)29(27)39-7-3)31(35)40-25-14-13-22(16-26(25)36-4)15-24(19-32)30(34)33-20-21-11-9-8-10-12-21/h8-18H,5-7,20H2,1-4H3,(H,33,34)/b24-15+. The third-order valence-corrected chi connectivity index (χ3v) is 5.51. The first-order chi connectivity index (χ1) is 19.4. The van der Waals surface area contributed by atoms with E-state index < -0.39 is 11.9 Å². The summed E-state index contributed by atoms with van der Waals surface area (Å²) in [5.41, 5.74) is 1.55. The molecule has 0 saturated heterocycles. The summed E-state index contributed by atoms with van der Waals surface area (Å²) < 4.78 is 28.1. The second-order valence-electron chi connectivity index (χ2n) is 8.24. The van der Waals surface area contributed by atoms with E-state index in [4.69, 9.17) is 23.7 Å². The molecule has 0 aliphatic carbocycles. The summed E-state index contributed by atoms with van der Waals surface area (Å²) in [4.78, 5) is 25.7. The van der Waals surface area contributed by atoms with E-state index in [1.807, 2.05) is 57.2 Å². The summed E-state index contributed by atoms with van der Waals surface area (Å²) in [5, 5.41) is 12.3. The lowest BCUT2D eigenvalue weighted by atomic mass is 10.1. The summed E-state index contributed by atoms with van der Waals surface area (Å²) in [5.74, 6) is 0.369. The topological polar surface area (TPSA) is 116 Å². The Kier molecular flexibility index (Phi) is 11.0. The zero-order valence-electron chi connectivity index (χ0n) is 23.0. The molecule has 0 saturated carbocycles. The van der Waals surface area contributed by atoms with Crippen LogP contribution in [0.25, 0.3) is 6.08 Å². The number of esters is 1. The van der Waals surface area contributed by atoms with Crippen LogP contribution in [-0.4, -0.2) is 38.8 Å². The monoisotopic (exact) mass is 544 g/mol. The van der Waals surface area contributed by atoms with Gasteiger partial charge in [0.1, 0.15) is 11.6 Å². The minimum Gasteiger partial charge on any atom is -0.493 e. The fourth-order valence-electron chi connectivity index (χ4n) is 3.71. The van der Waals surface area contributed by atoms with Crippen LogP contribution in [0, 0.1) is 11.3 Å². The molecule has 3 aromatic rings. The van der Waals surface area contributed by atoms with E-state index in [2.05, 4.69) is 5.32 Å². The van der Waals surface area contributed by atoms with Gasteiger partial charge in [-0.25, -0.2) is 4.79 Å². The fourth-order valence-corrected chi connectivity index (χ4v) is 3.71. The summed E-state index contributed by atoms with van der Waals surface area (Å²) in [7, 11) is 1.43. The van der Waals surface area contributed by atoms with E-state index in [0.717, 1.165) is 5.56 Å². The molecule has 0 unspecified atom stereocenters. The van der Waals surface area contributed by atoms with Crippen LogP contribution in [0.3, 0.4) is 0 Å². The summed E-state index contributed by atoms with van der Waals surface area (Å²) >= 11 is 0. The third-order valence-electron chi connectivity index (χ3n) is 5.51. The first kappa shape index (κ1) is 29.6. The highest BCUT2D eigenvalue weighted by atomic mass is 16.6. The van der Waals surface area contributed by atoms with Gasteiger partial charge in [0.2, 0.25) is 5.75 Å². The number of nitrogens with one attached hydrogen (secondary N) is 1. The van der Waals surface area contributed by atoms with Crippen LogP contribution in [0.15, 0.2) is 66.2 Å². The molecule has 1 amide bonds. The van der Waals surface area contributed by atoms with Crippen molar-refractivity contribution in [1.82, 2.24) is 5.32 Å². The number of nitriles is 1. The van der Waals surface area contributed by atoms with Crippen molar-refractivity contribution in [2.24, 2.45) is 0 Å². The van der Waals surface area contributed by atoms with Gasteiger partial charge in [-0.05, 0) is 62.2 Å². The van der Waals surface area contributed by atoms with Gasteiger partial charge < -0.3 is 29.0 Å². The normalized spacial score (nSPS) is 10.7. The van der Waals surface area contributed by atoms with E-state index in [0.29, 0.717) is 49.2 Å². The minimum absolute atomic E-state index is 0.0796. The SMILES string of the molecule is CCOc1cc(C(=O)Oc2ccc(/C=C(\C#N)C(=O)NCc3ccccc3)cc2OC)cc(OCC)c1OCC. The average molecular weight is 545 g/mol. The zero-order chi connectivity index (χ0) is 28.9. The molecule has 0 spiro atoms. The Morgan fingerprint density at radius 2 is 1.50 bits per heavy atom. The quantitative estimate of drug-likeness (QED) is 0.133. The van der Waals surface area contributed by atoms with Crippen LogP contribution in [0.2, 0.25) is 0 Å². The molecule has 0 atom stereocenters. The highest BCUT2D eigenvalue weighted by Crippen LogP contribution is 2.40. The highest BCUT2D eigenvalue weighted by molar-refractivity contribution is 6.01. The van der Waals surface area contributed by atoms with E-state index in [1.165, 1.54) is 31.4 Å². The minimum atomic E-state index is -0.662. The van der Waals surface area contributed by atoms with E-state index in [9.17, 15) is 14.9 Å². The predicted molar refractivity (Wildman–Crippen MR) is 150 cm³/mol. The Bertz CT molecular complexity index is 1370. The maximum atomic E-state index is 13.1. The summed E-state index contributed by atoms with van der Waals surface area (Å²) in [6.45, 7) is 6.90. The molecule has 0 radical (unpaired) electrons. The number of carbonyl (C=O) groups is 2. The number of benzene rings is 3. The first-order valence-electron chi connectivity index (χ1n) is 12.8. The van der Waals surface area contributed by atoms with Gasteiger partial charge in [-0.1, -0.05) is 36.4 Å².